The number of methoxy groups -OCH3 is 1. The average Bonchev–Trinajstić information content (AvgIpc) is 2.53. The molecule has 120 valence electrons. The van der Waals surface area contributed by atoms with Crippen molar-refractivity contribution in [3.05, 3.63) is 24.3 Å². The van der Waals surface area contributed by atoms with Crippen molar-refractivity contribution in [1.29, 1.82) is 0 Å². The molecule has 0 aromatic heterocycles. The van der Waals surface area contributed by atoms with Gasteiger partial charge in [0.25, 0.3) is 0 Å². The van der Waals surface area contributed by atoms with E-state index in [9.17, 15) is 9.59 Å². The fourth-order valence-corrected chi connectivity index (χ4v) is 2.57. The minimum Gasteiger partial charge on any atom is -0.482 e. The van der Waals surface area contributed by atoms with E-state index in [-0.39, 0.29) is 24.5 Å². The highest BCUT2D eigenvalue weighted by Gasteiger charge is 2.25. The molecule has 1 aromatic carbocycles. The summed E-state index contributed by atoms with van der Waals surface area (Å²) in [5.74, 6) is -0.00200. The third kappa shape index (κ3) is 4.73. The SMILES string of the molecule is COC(=O)COc1cccc(NC(=O)C2CCCC(N)C2)c1. The standard InChI is InChI=1S/C16H22N2O4/c1-21-15(19)10-22-14-7-3-6-13(9-14)18-16(20)11-4-2-5-12(17)8-11/h3,6-7,9,11-12H,2,4-5,8,10,17H2,1H3,(H,18,20). The molecule has 1 aliphatic rings. The Kier molecular flexibility index (Phi) is 5.77. The van der Waals surface area contributed by atoms with Gasteiger partial charge < -0.3 is 20.5 Å². The second-order valence-electron chi connectivity index (χ2n) is 5.51. The van der Waals surface area contributed by atoms with E-state index in [1.165, 1.54) is 7.11 Å². The van der Waals surface area contributed by atoms with Crippen molar-refractivity contribution in [2.75, 3.05) is 19.0 Å². The number of carbonyl (C=O) groups excluding carboxylic acids is 2. The molecule has 22 heavy (non-hydrogen) atoms. The number of hydrogen-bond donors (Lipinski definition) is 2. The molecule has 3 N–H and O–H groups in total. The zero-order chi connectivity index (χ0) is 15.9. The van der Waals surface area contributed by atoms with Gasteiger partial charge in [-0.05, 0) is 31.4 Å². The predicted molar refractivity (Wildman–Crippen MR) is 82.5 cm³/mol. The Bertz CT molecular complexity index is 533. The number of ether oxygens (including phenoxy) is 2. The Morgan fingerprint density at radius 1 is 1.36 bits per heavy atom. The Morgan fingerprint density at radius 3 is 2.91 bits per heavy atom. The van der Waals surface area contributed by atoms with Crippen LogP contribution in [0.3, 0.4) is 0 Å². The lowest BCUT2D eigenvalue weighted by Gasteiger charge is -2.25. The maximum absolute atomic E-state index is 12.3. The molecule has 2 atom stereocenters. The number of hydrogen-bond acceptors (Lipinski definition) is 5. The molecule has 0 aliphatic heterocycles. The van der Waals surface area contributed by atoms with Crippen LogP contribution in [0.1, 0.15) is 25.7 Å². The lowest BCUT2D eigenvalue weighted by Crippen LogP contribution is -2.34. The summed E-state index contributed by atoms with van der Waals surface area (Å²) in [6, 6.07) is 7.05. The molecule has 1 fully saturated rings. The monoisotopic (exact) mass is 306 g/mol. The van der Waals surface area contributed by atoms with Gasteiger partial charge in [-0.25, -0.2) is 4.79 Å². The molecule has 0 bridgehead atoms. The van der Waals surface area contributed by atoms with Gasteiger partial charge in [0, 0.05) is 23.7 Å². The fourth-order valence-electron chi connectivity index (χ4n) is 2.57. The third-order valence-electron chi connectivity index (χ3n) is 3.77. The molecule has 0 heterocycles. The number of esters is 1. The van der Waals surface area contributed by atoms with Gasteiger partial charge >= 0.3 is 5.97 Å². The van der Waals surface area contributed by atoms with Crippen LogP contribution in [0.25, 0.3) is 0 Å². The van der Waals surface area contributed by atoms with Crippen molar-refractivity contribution in [1.82, 2.24) is 0 Å². The minimum absolute atomic E-state index is 0.0136. The third-order valence-corrected chi connectivity index (χ3v) is 3.77. The summed E-state index contributed by atoms with van der Waals surface area (Å²) in [5, 5.41) is 2.88. The van der Waals surface area contributed by atoms with E-state index in [1.807, 2.05) is 0 Å². The maximum atomic E-state index is 12.3. The Hall–Kier alpha value is -2.08. The van der Waals surface area contributed by atoms with E-state index in [0.717, 1.165) is 25.7 Å². The summed E-state index contributed by atoms with van der Waals surface area (Å²) in [6.45, 7) is -0.161. The lowest BCUT2D eigenvalue weighted by atomic mass is 9.85. The molecular weight excluding hydrogens is 284 g/mol. The van der Waals surface area contributed by atoms with Crippen LogP contribution in [0.15, 0.2) is 24.3 Å². The highest BCUT2D eigenvalue weighted by atomic mass is 16.6. The largest absolute Gasteiger partial charge is 0.482 e. The molecule has 0 saturated heterocycles. The van der Waals surface area contributed by atoms with Crippen LogP contribution in [0, 0.1) is 5.92 Å². The van der Waals surface area contributed by atoms with Crippen LogP contribution >= 0.6 is 0 Å². The number of anilines is 1. The van der Waals surface area contributed by atoms with Crippen LogP contribution in [-0.4, -0.2) is 31.6 Å². The van der Waals surface area contributed by atoms with Gasteiger partial charge in [-0.2, -0.15) is 0 Å². The zero-order valence-electron chi connectivity index (χ0n) is 12.7. The van der Waals surface area contributed by atoms with Crippen LogP contribution in [0.5, 0.6) is 5.75 Å². The molecule has 2 unspecified atom stereocenters. The van der Waals surface area contributed by atoms with Gasteiger partial charge in [-0.15, -0.1) is 0 Å². The van der Waals surface area contributed by atoms with Gasteiger partial charge in [0.05, 0.1) is 7.11 Å². The van der Waals surface area contributed by atoms with E-state index >= 15 is 0 Å². The van der Waals surface area contributed by atoms with Crippen molar-refractivity contribution in [3.63, 3.8) is 0 Å². The van der Waals surface area contributed by atoms with Crippen LogP contribution < -0.4 is 15.8 Å². The fraction of sp³-hybridized carbons (Fsp3) is 0.500. The first-order valence-corrected chi connectivity index (χ1v) is 7.44. The molecule has 0 spiro atoms. The predicted octanol–water partition coefficient (Wildman–Crippen LogP) is 1.69. The number of benzene rings is 1. The number of nitrogens with one attached hydrogen (secondary N) is 1. The smallest absolute Gasteiger partial charge is 0.343 e. The summed E-state index contributed by atoms with van der Waals surface area (Å²) in [7, 11) is 1.30. The quantitative estimate of drug-likeness (QED) is 0.808. The molecule has 1 aromatic rings. The molecule has 0 radical (unpaired) electrons. The number of rotatable bonds is 5. The Balaban J connectivity index is 1.92. The number of nitrogens with two attached hydrogens (primary N) is 1. The Morgan fingerprint density at radius 2 is 2.18 bits per heavy atom. The van der Waals surface area contributed by atoms with E-state index in [1.54, 1.807) is 24.3 Å². The van der Waals surface area contributed by atoms with E-state index in [4.69, 9.17) is 10.5 Å². The first-order valence-electron chi connectivity index (χ1n) is 7.44. The average molecular weight is 306 g/mol. The first-order chi connectivity index (χ1) is 10.6. The van der Waals surface area contributed by atoms with Gasteiger partial charge in [0.15, 0.2) is 6.61 Å². The van der Waals surface area contributed by atoms with Gasteiger partial charge in [-0.1, -0.05) is 12.5 Å². The Labute approximate surface area is 130 Å². The first kappa shape index (κ1) is 16.3. The molecule has 1 aliphatic carbocycles. The van der Waals surface area contributed by atoms with Crippen molar-refractivity contribution in [3.8, 4) is 5.75 Å². The van der Waals surface area contributed by atoms with Crippen molar-refractivity contribution in [2.24, 2.45) is 11.7 Å². The van der Waals surface area contributed by atoms with Crippen molar-refractivity contribution >= 4 is 17.6 Å². The minimum atomic E-state index is -0.453. The van der Waals surface area contributed by atoms with Gasteiger partial charge in [-0.3, -0.25) is 4.79 Å². The number of carbonyl (C=O) groups is 2. The molecular formula is C16H22N2O4. The van der Waals surface area contributed by atoms with Gasteiger partial charge in [0.2, 0.25) is 5.91 Å². The van der Waals surface area contributed by atoms with Gasteiger partial charge in [0.1, 0.15) is 5.75 Å². The summed E-state index contributed by atoms with van der Waals surface area (Å²) < 4.78 is 9.81. The summed E-state index contributed by atoms with van der Waals surface area (Å²) in [4.78, 5) is 23.3. The van der Waals surface area contributed by atoms with Crippen LogP contribution in [-0.2, 0) is 14.3 Å². The van der Waals surface area contributed by atoms with E-state index in [2.05, 4.69) is 10.1 Å². The van der Waals surface area contributed by atoms with Crippen molar-refractivity contribution in [2.45, 2.75) is 31.7 Å². The van der Waals surface area contributed by atoms with Crippen LogP contribution in [0.2, 0.25) is 0 Å². The zero-order valence-corrected chi connectivity index (χ0v) is 12.7. The van der Waals surface area contributed by atoms with Crippen molar-refractivity contribution < 1.29 is 19.1 Å². The lowest BCUT2D eigenvalue weighted by molar-refractivity contribution is -0.142. The maximum Gasteiger partial charge on any atom is 0.343 e. The molecule has 2 rings (SSSR count). The van der Waals surface area contributed by atoms with E-state index in [0.29, 0.717) is 11.4 Å². The highest BCUT2D eigenvalue weighted by molar-refractivity contribution is 5.92. The second kappa shape index (κ2) is 7.79. The topological polar surface area (TPSA) is 90.6 Å². The molecule has 6 heteroatoms. The van der Waals surface area contributed by atoms with E-state index < -0.39 is 5.97 Å². The number of amides is 1. The summed E-state index contributed by atoms with van der Waals surface area (Å²) in [6.07, 6.45) is 3.57. The molecule has 1 saturated carbocycles. The normalized spacial score (nSPS) is 21.0. The highest BCUT2D eigenvalue weighted by Crippen LogP contribution is 2.25. The molecule has 6 nitrogen and oxygen atoms in total. The molecule has 1 amide bonds. The second-order valence-corrected chi connectivity index (χ2v) is 5.51. The van der Waals surface area contributed by atoms with Crippen LogP contribution in [0.4, 0.5) is 5.69 Å². The summed E-state index contributed by atoms with van der Waals surface area (Å²) >= 11 is 0. The summed E-state index contributed by atoms with van der Waals surface area (Å²) in [5.41, 5.74) is 6.56.